The van der Waals surface area contributed by atoms with Crippen molar-refractivity contribution in [2.24, 2.45) is 0 Å². The van der Waals surface area contributed by atoms with E-state index in [1.807, 2.05) is 50.2 Å². The summed E-state index contributed by atoms with van der Waals surface area (Å²) in [4.78, 5) is 12.6. The molecule has 3 aromatic rings. The Kier molecular flexibility index (Phi) is 6.75. The molecule has 0 fully saturated rings. The van der Waals surface area contributed by atoms with Gasteiger partial charge in [0.2, 0.25) is 5.91 Å². The van der Waals surface area contributed by atoms with Crippen LogP contribution in [0.25, 0.3) is 0 Å². The molecule has 1 amide bonds. The van der Waals surface area contributed by atoms with Crippen LogP contribution < -0.4 is 5.32 Å². The number of carbonyl (C=O) groups excluding carboxylic acids is 1. The third-order valence-corrected chi connectivity index (χ3v) is 5.98. The van der Waals surface area contributed by atoms with Crippen LogP contribution in [0.1, 0.15) is 30.8 Å². The minimum absolute atomic E-state index is 0.0920. The number of halogens is 1. The molecule has 0 saturated heterocycles. The average molecular weight is 415 g/mol. The maximum atomic E-state index is 12.6. The first-order valence-electron chi connectivity index (χ1n) is 9.18. The molecule has 28 heavy (non-hydrogen) atoms. The first-order valence-corrected chi connectivity index (χ1v) is 10.4. The number of carbonyl (C=O) groups is 1. The van der Waals surface area contributed by atoms with Crippen LogP contribution >= 0.6 is 23.4 Å². The zero-order valence-corrected chi connectivity index (χ0v) is 17.7. The Balaban J connectivity index is 1.70. The average Bonchev–Trinajstić information content (AvgIpc) is 3.07. The van der Waals surface area contributed by atoms with Gasteiger partial charge >= 0.3 is 0 Å². The number of benzene rings is 2. The van der Waals surface area contributed by atoms with Crippen molar-refractivity contribution in [3.05, 3.63) is 70.5 Å². The van der Waals surface area contributed by atoms with Gasteiger partial charge in [-0.3, -0.25) is 4.79 Å². The second kappa shape index (κ2) is 9.26. The molecular weight excluding hydrogens is 392 g/mol. The van der Waals surface area contributed by atoms with Gasteiger partial charge in [0.1, 0.15) is 5.82 Å². The van der Waals surface area contributed by atoms with Gasteiger partial charge in [0.05, 0.1) is 5.25 Å². The van der Waals surface area contributed by atoms with E-state index in [1.165, 1.54) is 17.3 Å². The Hall–Kier alpha value is -2.31. The lowest BCUT2D eigenvalue weighted by atomic mass is 10.1. The maximum absolute atomic E-state index is 12.6. The van der Waals surface area contributed by atoms with E-state index in [0.29, 0.717) is 11.4 Å². The second-order valence-corrected chi connectivity index (χ2v) is 8.18. The van der Waals surface area contributed by atoms with Gasteiger partial charge in [-0.15, -0.1) is 10.2 Å². The van der Waals surface area contributed by atoms with Crippen LogP contribution in [0.4, 0.5) is 5.69 Å². The number of nitrogens with one attached hydrogen (secondary N) is 1. The Labute approximate surface area is 174 Å². The summed E-state index contributed by atoms with van der Waals surface area (Å²) in [6.45, 7) is 6.56. The molecule has 7 heteroatoms. The van der Waals surface area contributed by atoms with E-state index in [0.717, 1.165) is 28.8 Å². The van der Waals surface area contributed by atoms with E-state index in [4.69, 9.17) is 11.6 Å². The van der Waals surface area contributed by atoms with E-state index in [-0.39, 0.29) is 11.2 Å². The Bertz CT molecular complexity index is 958. The van der Waals surface area contributed by atoms with Crippen LogP contribution in [0.15, 0.2) is 53.7 Å². The van der Waals surface area contributed by atoms with Gasteiger partial charge in [0.25, 0.3) is 0 Å². The van der Waals surface area contributed by atoms with Crippen molar-refractivity contribution in [3.63, 3.8) is 0 Å². The van der Waals surface area contributed by atoms with E-state index >= 15 is 0 Å². The highest BCUT2D eigenvalue weighted by molar-refractivity contribution is 8.00. The van der Waals surface area contributed by atoms with E-state index < -0.39 is 0 Å². The van der Waals surface area contributed by atoms with E-state index in [1.54, 1.807) is 0 Å². The third-order valence-electron chi connectivity index (χ3n) is 4.49. The molecule has 0 bridgehead atoms. The van der Waals surface area contributed by atoms with Gasteiger partial charge in [-0.05, 0) is 44.0 Å². The number of thioether (sulfide) groups is 1. The quantitative estimate of drug-likeness (QED) is 0.554. The van der Waals surface area contributed by atoms with Gasteiger partial charge in [-0.2, -0.15) is 0 Å². The molecule has 146 valence electrons. The number of nitrogens with zero attached hydrogens (tertiary/aromatic N) is 3. The number of aromatic nitrogens is 3. The zero-order valence-electron chi connectivity index (χ0n) is 16.1. The molecule has 5 nitrogen and oxygen atoms in total. The third kappa shape index (κ3) is 4.75. The molecule has 0 aliphatic heterocycles. The zero-order chi connectivity index (χ0) is 20.1. The molecule has 0 saturated carbocycles. The molecule has 2 aromatic carbocycles. The number of anilines is 1. The highest BCUT2D eigenvalue weighted by Gasteiger charge is 2.20. The monoisotopic (exact) mass is 414 g/mol. The molecule has 0 aliphatic rings. The first kappa shape index (κ1) is 20.4. The molecule has 0 spiro atoms. The van der Waals surface area contributed by atoms with Gasteiger partial charge in [0, 0.05) is 23.7 Å². The first-order chi connectivity index (χ1) is 13.5. The summed E-state index contributed by atoms with van der Waals surface area (Å²) in [6, 6.07) is 15.7. The molecule has 1 aromatic heterocycles. The Morgan fingerprint density at radius 1 is 1.18 bits per heavy atom. The topological polar surface area (TPSA) is 59.8 Å². The van der Waals surface area contributed by atoms with Crippen molar-refractivity contribution >= 4 is 35.0 Å². The van der Waals surface area contributed by atoms with Crippen LogP contribution in [-0.4, -0.2) is 25.9 Å². The molecule has 3 rings (SSSR count). The maximum Gasteiger partial charge on any atom is 0.237 e. The molecule has 1 heterocycles. The number of hydrogen-bond acceptors (Lipinski definition) is 4. The Morgan fingerprint density at radius 3 is 2.64 bits per heavy atom. The molecule has 0 unspecified atom stereocenters. The fraction of sp³-hybridized carbons (Fsp3) is 0.286. The lowest BCUT2D eigenvalue weighted by molar-refractivity contribution is -0.115. The van der Waals surface area contributed by atoms with Crippen LogP contribution in [0.2, 0.25) is 5.02 Å². The fourth-order valence-electron chi connectivity index (χ4n) is 2.82. The highest BCUT2D eigenvalue weighted by Crippen LogP contribution is 2.27. The SMILES string of the molecule is CCn1c(Cc2ccccc2)nnc1S[C@@H](C)C(=O)Nc1cccc(Cl)c1C. The summed E-state index contributed by atoms with van der Waals surface area (Å²) in [7, 11) is 0. The normalized spacial score (nSPS) is 12.0. The summed E-state index contributed by atoms with van der Waals surface area (Å²) < 4.78 is 2.06. The summed E-state index contributed by atoms with van der Waals surface area (Å²) >= 11 is 7.55. The lowest BCUT2D eigenvalue weighted by Gasteiger charge is -2.14. The van der Waals surface area contributed by atoms with Crippen molar-refractivity contribution in [2.75, 3.05) is 5.32 Å². The fourth-order valence-corrected chi connectivity index (χ4v) is 3.93. The van der Waals surface area contributed by atoms with Crippen molar-refractivity contribution in [1.29, 1.82) is 0 Å². The minimum Gasteiger partial charge on any atom is -0.325 e. The van der Waals surface area contributed by atoms with E-state index in [9.17, 15) is 4.79 Å². The van der Waals surface area contributed by atoms with Crippen LogP contribution in [0, 0.1) is 6.92 Å². The minimum atomic E-state index is -0.322. The summed E-state index contributed by atoms with van der Waals surface area (Å²) in [5, 5.41) is 12.7. The highest BCUT2D eigenvalue weighted by atomic mass is 35.5. The predicted octanol–water partition coefficient (Wildman–Crippen LogP) is 4.97. The second-order valence-electron chi connectivity index (χ2n) is 6.47. The van der Waals surface area contributed by atoms with Gasteiger partial charge in [-0.1, -0.05) is 59.8 Å². The van der Waals surface area contributed by atoms with Crippen LogP contribution in [0.5, 0.6) is 0 Å². The molecule has 1 atom stereocenters. The molecule has 0 aliphatic carbocycles. The van der Waals surface area contributed by atoms with Gasteiger partial charge < -0.3 is 9.88 Å². The van der Waals surface area contributed by atoms with Gasteiger partial charge in [0.15, 0.2) is 5.16 Å². The predicted molar refractivity (Wildman–Crippen MR) is 115 cm³/mol. The smallest absolute Gasteiger partial charge is 0.237 e. The van der Waals surface area contributed by atoms with Crippen LogP contribution in [-0.2, 0) is 17.8 Å². The number of hydrogen-bond donors (Lipinski definition) is 1. The van der Waals surface area contributed by atoms with Crippen molar-refractivity contribution < 1.29 is 4.79 Å². The Morgan fingerprint density at radius 2 is 1.93 bits per heavy atom. The summed E-state index contributed by atoms with van der Waals surface area (Å²) in [6.07, 6.45) is 0.713. The van der Waals surface area contributed by atoms with Crippen molar-refractivity contribution in [3.8, 4) is 0 Å². The van der Waals surface area contributed by atoms with Crippen LogP contribution in [0.3, 0.4) is 0 Å². The largest absolute Gasteiger partial charge is 0.325 e. The lowest BCUT2D eigenvalue weighted by Crippen LogP contribution is -2.23. The summed E-state index contributed by atoms with van der Waals surface area (Å²) in [5.41, 5.74) is 2.77. The number of rotatable bonds is 7. The van der Waals surface area contributed by atoms with E-state index in [2.05, 4.69) is 39.1 Å². The van der Waals surface area contributed by atoms with Gasteiger partial charge in [-0.25, -0.2) is 0 Å². The number of amides is 1. The molecular formula is C21H23ClN4OS. The summed E-state index contributed by atoms with van der Waals surface area (Å²) in [5.74, 6) is 0.806. The van der Waals surface area contributed by atoms with Crippen molar-refractivity contribution in [2.45, 2.75) is 44.1 Å². The standard InChI is InChI=1S/C21H23ClN4OS/c1-4-26-19(13-16-9-6-5-7-10-16)24-25-21(26)28-15(3)20(27)23-18-12-8-11-17(22)14(18)2/h5-12,15H,4,13H2,1-3H3,(H,23,27)/t15-/m0/s1. The molecule has 0 radical (unpaired) electrons. The molecule has 1 N–H and O–H groups in total. The van der Waals surface area contributed by atoms with Crippen molar-refractivity contribution in [1.82, 2.24) is 14.8 Å².